The minimum atomic E-state index is 0.197. The number of nitrogens with zero attached hydrogens (tertiary/aromatic N) is 3. The summed E-state index contributed by atoms with van der Waals surface area (Å²) in [4.78, 5) is 2.09. The Morgan fingerprint density at radius 2 is 2.27 bits per heavy atom. The molecule has 0 aromatic carbocycles. The van der Waals surface area contributed by atoms with Crippen molar-refractivity contribution < 1.29 is 5.11 Å². The van der Waals surface area contributed by atoms with Gasteiger partial charge in [0.15, 0.2) is 0 Å². The van der Waals surface area contributed by atoms with Crippen LogP contribution in [-0.4, -0.2) is 47.0 Å². The van der Waals surface area contributed by atoms with E-state index in [0.29, 0.717) is 0 Å². The molecule has 0 amide bonds. The van der Waals surface area contributed by atoms with Crippen molar-refractivity contribution >= 4 is 5.82 Å². The largest absolute Gasteiger partial charge is 0.396 e. The Bertz CT molecular complexity index is 296. The van der Waals surface area contributed by atoms with Crippen molar-refractivity contribution in [2.24, 2.45) is 0 Å². The minimum absolute atomic E-state index is 0.197. The standard InChI is InChI=1S/C10H20N4O/c1-13(2)5-6-14-10(11)9(8-12-14)4-3-7-15/h8,15H,3-7,11H2,1-2H3. The molecule has 1 aromatic heterocycles. The Kier molecular flexibility index (Phi) is 4.58. The second-order valence-electron chi connectivity index (χ2n) is 3.91. The number of aliphatic hydroxyl groups excluding tert-OH is 1. The SMILES string of the molecule is CN(C)CCn1ncc(CCCO)c1N. The van der Waals surface area contributed by atoms with E-state index in [4.69, 9.17) is 10.8 Å². The van der Waals surface area contributed by atoms with Crippen molar-refractivity contribution in [1.82, 2.24) is 14.7 Å². The number of aryl methyl sites for hydroxylation is 1. The average Bonchev–Trinajstić information content (AvgIpc) is 2.54. The van der Waals surface area contributed by atoms with E-state index >= 15 is 0 Å². The molecule has 0 spiro atoms. The summed E-state index contributed by atoms with van der Waals surface area (Å²) in [5.41, 5.74) is 6.96. The van der Waals surface area contributed by atoms with Gasteiger partial charge in [-0.25, -0.2) is 4.68 Å². The van der Waals surface area contributed by atoms with Crippen LogP contribution in [0.1, 0.15) is 12.0 Å². The fourth-order valence-electron chi connectivity index (χ4n) is 1.37. The van der Waals surface area contributed by atoms with Gasteiger partial charge in [0, 0.05) is 18.7 Å². The van der Waals surface area contributed by atoms with Gasteiger partial charge in [0.2, 0.25) is 0 Å². The topological polar surface area (TPSA) is 67.3 Å². The van der Waals surface area contributed by atoms with Crippen LogP contribution in [-0.2, 0) is 13.0 Å². The van der Waals surface area contributed by atoms with Crippen LogP contribution in [0.15, 0.2) is 6.20 Å². The molecule has 0 saturated heterocycles. The molecule has 86 valence electrons. The number of anilines is 1. The Morgan fingerprint density at radius 3 is 2.87 bits per heavy atom. The van der Waals surface area contributed by atoms with E-state index in [0.717, 1.165) is 37.3 Å². The molecule has 1 aromatic rings. The minimum Gasteiger partial charge on any atom is -0.396 e. The lowest BCUT2D eigenvalue weighted by atomic mass is 10.2. The van der Waals surface area contributed by atoms with E-state index < -0.39 is 0 Å². The molecular formula is C10H20N4O. The third-order valence-electron chi connectivity index (χ3n) is 2.32. The maximum absolute atomic E-state index is 8.73. The van der Waals surface area contributed by atoms with E-state index in [2.05, 4.69) is 10.00 Å². The van der Waals surface area contributed by atoms with Crippen LogP contribution in [0.3, 0.4) is 0 Å². The fraction of sp³-hybridized carbons (Fsp3) is 0.700. The molecule has 1 heterocycles. The molecule has 5 nitrogen and oxygen atoms in total. The van der Waals surface area contributed by atoms with Crippen molar-refractivity contribution in [3.63, 3.8) is 0 Å². The highest BCUT2D eigenvalue weighted by Crippen LogP contribution is 2.12. The third-order valence-corrected chi connectivity index (χ3v) is 2.32. The number of nitrogens with two attached hydrogens (primary N) is 1. The van der Waals surface area contributed by atoms with E-state index in [-0.39, 0.29) is 6.61 Å². The Morgan fingerprint density at radius 1 is 1.53 bits per heavy atom. The summed E-state index contributed by atoms with van der Waals surface area (Å²) >= 11 is 0. The molecule has 0 radical (unpaired) electrons. The first-order valence-electron chi connectivity index (χ1n) is 5.21. The molecule has 0 aliphatic rings. The zero-order chi connectivity index (χ0) is 11.3. The molecule has 0 saturated carbocycles. The maximum Gasteiger partial charge on any atom is 0.124 e. The molecule has 0 unspecified atom stereocenters. The van der Waals surface area contributed by atoms with Gasteiger partial charge in [-0.1, -0.05) is 0 Å². The number of aromatic nitrogens is 2. The molecule has 0 fully saturated rings. The van der Waals surface area contributed by atoms with Gasteiger partial charge in [-0.15, -0.1) is 0 Å². The number of hydrogen-bond donors (Lipinski definition) is 2. The van der Waals surface area contributed by atoms with Gasteiger partial charge in [0.25, 0.3) is 0 Å². The third kappa shape index (κ3) is 3.53. The monoisotopic (exact) mass is 212 g/mol. The van der Waals surface area contributed by atoms with E-state index in [1.54, 1.807) is 6.20 Å². The highest BCUT2D eigenvalue weighted by atomic mass is 16.2. The van der Waals surface area contributed by atoms with Crippen LogP contribution in [0.5, 0.6) is 0 Å². The summed E-state index contributed by atoms with van der Waals surface area (Å²) in [7, 11) is 4.04. The van der Waals surface area contributed by atoms with E-state index in [9.17, 15) is 0 Å². The molecule has 0 aliphatic carbocycles. The number of likely N-dealkylation sites (N-methyl/N-ethyl adjacent to an activating group) is 1. The van der Waals surface area contributed by atoms with Crippen LogP contribution >= 0.6 is 0 Å². The van der Waals surface area contributed by atoms with Crippen molar-refractivity contribution in [2.45, 2.75) is 19.4 Å². The van der Waals surface area contributed by atoms with Gasteiger partial charge >= 0.3 is 0 Å². The Labute approximate surface area is 90.5 Å². The zero-order valence-corrected chi connectivity index (χ0v) is 9.48. The highest BCUT2D eigenvalue weighted by Gasteiger charge is 2.06. The number of rotatable bonds is 6. The predicted octanol–water partition coefficient (Wildman–Crippen LogP) is -0.0482. The quantitative estimate of drug-likeness (QED) is 0.694. The van der Waals surface area contributed by atoms with Gasteiger partial charge in [0.05, 0.1) is 12.7 Å². The second-order valence-corrected chi connectivity index (χ2v) is 3.91. The molecule has 1 rings (SSSR count). The van der Waals surface area contributed by atoms with Crippen LogP contribution in [0.2, 0.25) is 0 Å². The Hall–Kier alpha value is -1.07. The molecule has 0 aliphatic heterocycles. The lowest BCUT2D eigenvalue weighted by Gasteiger charge is -2.10. The molecule has 0 bridgehead atoms. The molecule has 15 heavy (non-hydrogen) atoms. The average molecular weight is 212 g/mol. The lowest BCUT2D eigenvalue weighted by Crippen LogP contribution is -2.20. The molecule has 5 heteroatoms. The van der Waals surface area contributed by atoms with Crippen molar-refractivity contribution in [3.8, 4) is 0 Å². The van der Waals surface area contributed by atoms with E-state index in [1.807, 2.05) is 18.8 Å². The maximum atomic E-state index is 8.73. The summed E-state index contributed by atoms with van der Waals surface area (Å²) in [5, 5.41) is 13.0. The van der Waals surface area contributed by atoms with Crippen molar-refractivity contribution in [3.05, 3.63) is 11.8 Å². The molecule has 3 N–H and O–H groups in total. The van der Waals surface area contributed by atoms with Gasteiger partial charge < -0.3 is 15.7 Å². The van der Waals surface area contributed by atoms with Crippen LogP contribution in [0.25, 0.3) is 0 Å². The molecule has 0 atom stereocenters. The zero-order valence-electron chi connectivity index (χ0n) is 9.48. The smallest absolute Gasteiger partial charge is 0.124 e. The lowest BCUT2D eigenvalue weighted by molar-refractivity contribution is 0.288. The number of aliphatic hydroxyl groups is 1. The van der Waals surface area contributed by atoms with Crippen molar-refractivity contribution in [2.75, 3.05) is 33.0 Å². The van der Waals surface area contributed by atoms with Crippen LogP contribution in [0.4, 0.5) is 5.82 Å². The van der Waals surface area contributed by atoms with Crippen LogP contribution in [0, 0.1) is 0 Å². The van der Waals surface area contributed by atoms with Gasteiger partial charge in [-0.05, 0) is 26.9 Å². The number of nitrogen functional groups attached to an aromatic ring is 1. The summed E-state index contributed by atoms with van der Waals surface area (Å²) in [6.45, 7) is 1.92. The first kappa shape index (κ1) is 12.0. The van der Waals surface area contributed by atoms with Gasteiger partial charge in [-0.2, -0.15) is 5.10 Å². The normalized spacial score (nSPS) is 11.2. The molecular weight excluding hydrogens is 192 g/mol. The van der Waals surface area contributed by atoms with Gasteiger partial charge in [0.1, 0.15) is 5.82 Å². The fourth-order valence-corrected chi connectivity index (χ4v) is 1.37. The Balaban J connectivity index is 2.54. The predicted molar refractivity (Wildman–Crippen MR) is 60.6 cm³/mol. The first-order valence-corrected chi connectivity index (χ1v) is 5.21. The number of hydrogen-bond acceptors (Lipinski definition) is 4. The second kappa shape index (κ2) is 5.72. The summed E-state index contributed by atoms with van der Waals surface area (Å²) in [6, 6.07) is 0. The van der Waals surface area contributed by atoms with Gasteiger partial charge in [-0.3, -0.25) is 0 Å². The van der Waals surface area contributed by atoms with Crippen molar-refractivity contribution in [1.29, 1.82) is 0 Å². The summed E-state index contributed by atoms with van der Waals surface area (Å²) < 4.78 is 1.81. The highest BCUT2D eigenvalue weighted by molar-refractivity contribution is 5.38. The summed E-state index contributed by atoms with van der Waals surface area (Å²) in [5.74, 6) is 0.727. The van der Waals surface area contributed by atoms with E-state index in [1.165, 1.54) is 0 Å². The summed E-state index contributed by atoms with van der Waals surface area (Å²) in [6.07, 6.45) is 3.33. The first-order chi connectivity index (χ1) is 7.15. The van der Waals surface area contributed by atoms with Crippen LogP contribution < -0.4 is 5.73 Å².